The first-order valence-electron chi connectivity index (χ1n) is 8.62. The molecule has 0 fully saturated rings. The summed E-state index contributed by atoms with van der Waals surface area (Å²) < 4.78 is 13.9. The number of amides is 1. The molecule has 0 bridgehead atoms. The lowest BCUT2D eigenvalue weighted by Gasteiger charge is -2.09. The number of aromatic nitrogens is 1. The Kier molecular flexibility index (Phi) is 5.07. The Hall–Kier alpha value is -2.82. The maximum atomic E-state index is 13.9. The van der Waals surface area contributed by atoms with E-state index in [1.54, 1.807) is 24.3 Å². The molecule has 4 rings (SSSR count). The van der Waals surface area contributed by atoms with Crippen molar-refractivity contribution in [3.63, 3.8) is 0 Å². The Morgan fingerprint density at radius 1 is 1.00 bits per heavy atom. The smallest absolute Gasteiger partial charge is 0.268 e. The average molecular weight is 413 g/mol. The summed E-state index contributed by atoms with van der Waals surface area (Å²) in [7, 11) is 0. The molecule has 0 spiro atoms. The van der Waals surface area contributed by atoms with E-state index < -0.39 is 0 Å². The van der Waals surface area contributed by atoms with Crippen molar-refractivity contribution in [2.24, 2.45) is 0 Å². The molecule has 4 aromatic rings. The number of hydrogen-bond donors (Lipinski definition) is 2. The van der Waals surface area contributed by atoms with Gasteiger partial charge in [-0.05, 0) is 35.4 Å². The summed E-state index contributed by atoms with van der Waals surface area (Å²) in [5.41, 5.74) is 3.25. The molecule has 1 aromatic heterocycles. The van der Waals surface area contributed by atoms with Gasteiger partial charge >= 0.3 is 0 Å². The highest BCUT2D eigenvalue weighted by Crippen LogP contribution is 2.33. The standard InChI is InChI=1S/C22H15Cl2FN2O/c23-17-8-4-7-14(20(17)24)12-26-22(28)21-19(13-5-2-1-3-6-13)16-11-15(25)9-10-18(16)27-21/h1-11,27H,12H2,(H,26,28). The molecular formula is C22H15Cl2FN2O. The van der Waals surface area contributed by atoms with Crippen molar-refractivity contribution < 1.29 is 9.18 Å². The van der Waals surface area contributed by atoms with E-state index in [0.717, 1.165) is 5.56 Å². The van der Waals surface area contributed by atoms with Crippen LogP contribution in [0.3, 0.4) is 0 Å². The summed E-state index contributed by atoms with van der Waals surface area (Å²) in [5, 5.41) is 4.35. The molecule has 0 atom stereocenters. The number of hydrogen-bond acceptors (Lipinski definition) is 1. The number of nitrogens with one attached hydrogen (secondary N) is 2. The first-order valence-corrected chi connectivity index (χ1v) is 9.38. The summed E-state index contributed by atoms with van der Waals surface area (Å²) in [5.74, 6) is -0.673. The molecule has 28 heavy (non-hydrogen) atoms. The minimum atomic E-state index is -0.360. The van der Waals surface area contributed by atoms with Gasteiger partial charge in [-0.15, -0.1) is 0 Å². The van der Waals surface area contributed by atoms with Crippen LogP contribution in [-0.4, -0.2) is 10.9 Å². The Balaban J connectivity index is 1.73. The van der Waals surface area contributed by atoms with Crippen LogP contribution in [0, 0.1) is 5.82 Å². The first kappa shape index (κ1) is 18.5. The lowest BCUT2D eigenvalue weighted by atomic mass is 10.0. The molecule has 3 nitrogen and oxygen atoms in total. The van der Waals surface area contributed by atoms with Crippen LogP contribution in [0.5, 0.6) is 0 Å². The number of H-pyrrole nitrogens is 1. The lowest BCUT2D eigenvalue weighted by Crippen LogP contribution is -2.24. The highest BCUT2D eigenvalue weighted by atomic mass is 35.5. The van der Waals surface area contributed by atoms with Crippen LogP contribution >= 0.6 is 23.2 Å². The van der Waals surface area contributed by atoms with Crippen molar-refractivity contribution >= 4 is 40.0 Å². The molecule has 0 saturated heterocycles. The second-order valence-electron chi connectivity index (χ2n) is 6.33. The maximum absolute atomic E-state index is 13.9. The predicted octanol–water partition coefficient (Wildman–Crippen LogP) is 6.21. The fraction of sp³-hybridized carbons (Fsp3) is 0.0455. The number of benzene rings is 3. The highest BCUT2D eigenvalue weighted by Gasteiger charge is 2.20. The van der Waals surface area contributed by atoms with Crippen LogP contribution in [-0.2, 0) is 6.54 Å². The number of aromatic amines is 1. The lowest BCUT2D eigenvalue weighted by molar-refractivity contribution is 0.0947. The molecule has 0 aliphatic rings. The van der Waals surface area contributed by atoms with Crippen LogP contribution in [0.1, 0.15) is 16.1 Å². The van der Waals surface area contributed by atoms with E-state index in [-0.39, 0.29) is 18.3 Å². The minimum absolute atomic E-state index is 0.218. The van der Waals surface area contributed by atoms with E-state index in [0.29, 0.717) is 37.8 Å². The van der Waals surface area contributed by atoms with Crippen LogP contribution in [0.4, 0.5) is 4.39 Å². The van der Waals surface area contributed by atoms with Gasteiger partial charge in [-0.1, -0.05) is 65.7 Å². The Morgan fingerprint density at radius 2 is 1.79 bits per heavy atom. The summed E-state index contributed by atoms with van der Waals surface area (Å²) in [6, 6.07) is 19.1. The second kappa shape index (κ2) is 7.66. The van der Waals surface area contributed by atoms with Gasteiger partial charge in [0.2, 0.25) is 0 Å². The van der Waals surface area contributed by atoms with Crippen LogP contribution < -0.4 is 5.32 Å². The molecule has 0 aliphatic heterocycles. The third kappa shape index (κ3) is 3.49. The van der Waals surface area contributed by atoms with E-state index in [2.05, 4.69) is 10.3 Å². The Morgan fingerprint density at radius 3 is 2.57 bits per heavy atom. The summed E-state index contributed by atoms with van der Waals surface area (Å²) in [6.07, 6.45) is 0. The zero-order valence-corrected chi connectivity index (χ0v) is 16.1. The van der Waals surface area contributed by atoms with Crippen molar-refractivity contribution in [2.45, 2.75) is 6.54 Å². The van der Waals surface area contributed by atoms with Gasteiger partial charge in [-0.25, -0.2) is 4.39 Å². The molecule has 0 aliphatic carbocycles. The quantitative estimate of drug-likeness (QED) is 0.411. The van der Waals surface area contributed by atoms with Crippen molar-refractivity contribution in [3.05, 3.63) is 93.8 Å². The van der Waals surface area contributed by atoms with Crippen LogP contribution in [0.25, 0.3) is 22.0 Å². The van der Waals surface area contributed by atoms with E-state index >= 15 is 0 Å². The zero-order valence-electron chi connectivity index (χ0n) is 14.6. The number of carbonyl (C=O) groups is 1. The molecule has 0 unspecified atom stereocenters. The molecule has 1 amide bonds. The van der Waals surface area contributed by atoms with E-state index in [1.807, 2.05) is 30.3 Å². The normalized spacial score (nSPS) is 11.0. The fourth-order valence-corrected chi connectivity index (χ4v) is 3.57. The van der Waals surface area contributed by atoms with Crippen LogP contribution in [0.2, 0.25) is 10.0 Å². The minimum Gasteiger partial charge on any atom is -0.350 e. The fourth-order valence-electron chi connectivity index (χ4n) is 3.19. The number of halogens is 3. The van der Waals surface area contributed by atoms with Crippen molar-refractivity contribution in [1.29, 1.82) is 0 Å². The van der Waals surface area contributed by atoms with Gasteiger partial charge in [0.25, 0.3) is 5.91 Å². The third-order valence-electron chi connectivity index (χ3n) is 4.52. The zero-order chi connectivity index (χ0) is 19.7. The van der Waals surface area contributed by atoms with Gasteiger partial charge in [0.1, 0.15) is 11.5 Å². The largest absolute Gasteiger partial charge is 0.350 e. The van der Waals surface area contributed by atoms with Crippen LogP contribution in [0.15, 0.2) is 66.7 Å². The topological polar surface area (TPSA) is 44.9 Å². The predicted molar refractivity (Wildman–Crippen MR) is 111 cm³/mol. The highest BCUT2D eigenvalue weighted by molar-refractivity contribution is 6.42. The summed E-state index contributed by atoms with van der Waals surface area (Å²) in [6.45, 7) is 0.218. The van der Waals surface area contributed by atoms with E-state index in [4.69, 9.17) is 23.2 Å². The molecule has 0 radical (unpaired) electrons. The molecule has 3 aromatic carbocycles. The van der Waals surface area contributed by atoms with Crippen molar-refractivity contribution in [2.75, 3.05) is 0 Å². The number of carbonyl (C=O) groups excluding carboxylic acids is 1. The second-order valence-corrected chi connectivity index (χ2v) is 7.11. The number of fused-ring (bicyclic) bond motifs is 1. The molecular weight excluding hydrogens is 398 g/mol. The Labute approximate surface area is 171 Å². The number of rotatable bonds is 4. The first-order chi connectivity index (χ1) is 13.5. The maximum Gasteiger partial charge on any atom is 0.268 e. The van der Waals surface area contributed by atoms with Gasteiger partial charge in [-0.2, -0.15) is 0 Å². The Bertz CT molecular complexity index is 1170. The van der Waals surface area contributed by atoms with Gasteiger partial charge in [0.15, 0.2) is 0 Å². The van der Waals surface area contributed by atoms with Gasteiger partial charge in [0.05, 0.1) is 10.0 Å². The molecule has 6 heteroatoms. The molecule has 0 saturated carbocycles. The molecule has 1 heterocycles. The van der Waals surface area contributed by atoms with Gasteiger partial charge in [0, 0.05) is 23.0 Å². The SMILES string of the molecule is O=C(NCc1cccc(Cl)c1Cl)c1[nH]c2ccc(F)cc2c1-c1ccccc1. The average Bonchev–Trinajstić information content (AvgIpc) is 3.08. The summed E-state index contributed by atoms with van der Waals surface area (Å²) in [4.78, 5) is 16.1. The van der Waals surface area contributed by atoms with E-state index in [9.17, 15) is 9.18 Å². The summed E-state index contributed by atoms with van der Waals surface area (Å²) >= 11 is 12.2. The van der Waals surface area contributed by atoms with Crippen molar-refractivity contribution in [3.8, 4) is 11.1 Å². The van der Waals surface area contributed by atoms with Gasteiger partial charge in [-0.3, -0.25) is 4.79 Å². The molecule has 2 N–H and O–H groups in total. The van der Waals surface area contributed by atoms with Gasteiger partial charge < -0.3 is 10.3 Å². The van der Waals surface area contributed by atoms with E-state index in [1.165, 1.54) is 12.1 Å². The monoisotopic (exact) mass is 412 g/mol. The third-order valence-corrected chi connectivity index (χ3v) is 5.38. The molecule has 140 valence electrons. The van der Waals surface area contributed by atoms with Crippen molar-refractivity contribution in [1.82, 2.24) is 10.3 Å².